The molecule has 18 heavy (non-hydrogen) atoms. The lowest BCUT2D eigenvalue weighted by Gasteiger charge is -2.12. The van der Waals surface area contributed by atoms with Crippen LogP contribution >= 0.6 is 0 Å². The number of nitrogens with one attached hydrogen (secondary N) is 1. The average molecular weight is 252 g/mol. The molecule has 1 unspecified atom stereocenters. The Labute approximate surface area is 107 Å². The predicted molar refractivity (Wildman–Crippen MR) is 68.5 cm³/mol. The van der Waals surface area contributed by atoms with Crippen LogP contribution < -0.4 is 5.32 Å². The molecule has 1 N–H and O–H groups in total. The van der Waals surface area contributed by atoms with E-state index in [0.717, 1.165) is 0 Å². The summed E-state index contributed by atoms with van der Waals surface area (Å²) in [5.41, 5.74) is 0.648. The summed E-state index contributed by atoms with van der Waals surface area (Å²) in [5, 5.41) is 2.81. The number of Topliss-reactive ketones (excluding diaryl/α,β-unsaturated/α-hetero) is 1. The smallest absolute Gasteiger partial charge is 0.240 e. The zero-order valence-corrected chi connectivity index (χ0v) is 11.1. The Balaban J connectivity index is 2.49. The molecule has 1 heterocycles. The fraction of sp³-hybridized carbons (Fsp3) is 0.538. The van der Waals surface area contributed by atoms with E-state index in [2.05, 4.69) is 5.32 Å². The number of rotatable bonds is 7. The molecule has 0 aromatic carbocycles. The van der Waals surface area contributed by atoms with Crippen LogP contribution in [-0.4, -0.2) is 36.0 Å². The van der Waals surface area contributed by atoms with Crippen LogP contribution in [0.25, 0.3) is 0 Å². The van der Waals surface area contributed by atoms with Gasteiger partial charge >= 0.3 is 0 Å². The van der Waals surface area contributed by atoms with Crippen molar-refractivity contribution in [1.29, 1.82) is 0 Å². The number of hydrogen-bond donors (Lipinski definition) is 1. The molecule has 1 aromatic rings. The van der Waals surface area contributed by atoms with Gasteiger partial charge in [0.15, 0.2) is 5.78 Å². The van der Waals surface area contributed by atoms with Crippen LogP contribution in [-0.2, 0) is 16.1 Å². The molecule has 0 saturated carbocycles. The second-order valence-corrected chi connectivity index (χ2v) is 4.27. The fourth-order valence-electron chi connectivity index (χ4n) is 1.69. The van der Waals surface area contributed by atoms with E-state index in [1.54, 1.807) is 30.1 Å². The first-order chi connectivity index (χ1) is 8.56. The Bertz CT molecular complexity index is 412. The van der Waals surface area contributed by atoms with Gasteiger partial charge in [0.05, 0.1) is 6.61 Å². The molecule has 1 rings (SSSR count). The summed E-state index contributed by atoms with van der Waals surface area (Å²) >= 11 is 0. The first-order valence-corrected chi connectivity index (χ1v) is 6.04. The van der Waals surface area contributed by atoms with Gasteiger partial charge in [-0.15, -0.1) is 0 Å². The fourth-order valence-corrected chi connectivity index (χ4v) is 1.69. The summed E-state index contributed by atoms with van der Waals surface area (Å²) in [6.45, 7) is 4.39. The minimum atomic E-state index is -0.0920. The van der Waals surface area contributed by atoms with Gasteiger partial charge in [-0.05, 0) is 13.0 Å². The van der Waals surface area contributed by atoms with Crippen LogP contribution in [0.2, 0.25) is 0 Å². The SMILES string of the molecule is CCC(=O)c1ccn(CC(=O)NC(C)COC)c1. The van der Waals surface area contributed by atoms with Crippen LogP contribution in [0.4, 0.5) is 0 Å². The zero-order valence-electron chi connectivity index (χ0n) is 11.1. The van der Waals surface area contributed by atoms with Crippen LogP contribution in [0.15, 0.2) is 18.5 Å². The molecule has 5 heteroatoms. The number of aromatic nitrogens is 1. The molecule has 0 spiro atoms. The molecule has 1 amide bonds. The van der Waals surface area contributed by atoms with Gasteiger partial charge in [-0.1, -0.05) is 6.92 Å². The van der Waals surface area contributed by atoms with Crippen molar-refractivity contribution in [1.82, 2.24) is 9.88 Å². The highest BCUT2D eigenvalue weighted by Crippen LogP contribution is 2.04. The molecule has 5 nitrogen and oxygen atoms in total. The van der Waals surface area contributed by atoms with E-state index in [-0.39, 0.29) is 24.3 Å². The highest BCUT2D eigenvalue weighted by Gasteiger charge is 2.09. The number of methoxy groups -OCH3 is 1. The molecule has 0 saturated heterocycles. The maximum absolute atomic E-state index is 11.7. The maximum Gasteiger partial charge on any atom is 0.240 e. The third-order valence-electron chi connectivity index (χ3n) is 2.54. The Kier molecular flexibility index (Phi) is 5.58. The second kappa shape index (κ2) is 6.96. The summed E-state index contributed by atoms with van der Waals surface area (Å²) in [4.78, 5) is 23.1. The number of carbonyl (C=O) groups excluding carboxylic acids is 2. The molecular formula is C13H20N2O3. The van der Waals surface area contributed by atoms with E-state index >= 15 is 0 Å². The lowest BCUT2D eigenvalue weighted by Crippen LogP contribution is -2.37. The topological polar surface area (TPSA) is 60.3 Å². The van der Waals surface area contributed by atoms with E-state index in [1.165, 1.54) is 0 Å². The highest BCUT2D eigenvalue weighted by molar-refractivity contribution is 5.95. The summed E-state index contributed by atoms with van der Waals surface area (Å²) in [6.07, 6.45) is 3.91. The molecule has 0 bridgehead atoms. The van der Waals surface area contributed by atoms with Gasteiger partial charge in [0.2, 0.25) is 5.91 Å². The molecule has 0 aliphatic carbocycles. The summed E-state index contributed by atoms with van der Waals surface area (Å²) in [7, 11) is 1.59. The number of amides is 1. The third kappa shape index (κ3) is 4.33. The van der Waals surface area contributed by atoms with Crippen LogP contribution in [0.3, 0.4) is 0 Å². The maximum atomic E-state index is 11.7. The van der Waals surface area contributed by atoms with Gasteiger partial charge < -0.3 is 14.6 Å². The van der Waals surface area contributed by atoms with Crippen molar-refractivity contribution in [3.05, 3.63) is 24.0 Å². The highest BCUT2D eigenvalue weighted by atomic mass is 16.5. The van der Waals surface area contributed by atoms with E-state index in [1.807, 2.05) is 13.8 Å². The minimum absolute atomic E-state index is 0.0187. The number of nitrogens with zero attached hydrogens (tertiary/aromatic N) is 1. The minimum Gasteiger partial charge on any atom is -0.383 e. The van der Waals surface area contributed by atoms with Crippen LogP contribution in [0, 0.1) is 0 Å². The largest absolute Gasteiger partial charge is 0.383 e. The summed E-state index contributed by atoms with van der Waals surface area (Å²) in [5.74, 6) is -0.00689. The van der Waals surface area contributed by atoms with Crippen molar-refractivity contribution >= 4 is 11.7 Å². The Morgan fingerprint density at radius 3 is 2.83 bits per heavy atom. The number of hydrogen-bond acceptors (Lipinski definition) is 3. The monoisotopic (exact) mass is 252 g/mol. The Hall–Kier alpha value is -1.62. The van der Waals surface area contributed by atoms with E-state index < -0.39 is 0 Å². The van der Waals surface area contributed by atoms with Gasteiger partial charge in [-0.2, -0.15) is 0 Å². The zero-order chi connectivity index (χ0) is 13.5. The Morgan fingerprint density at radius 2 is 2.22 bits per heavy atom. The van der Waals surface area contributed by atoms with Gasteiger partial charge in [-0.3, -0.25) is 9.59 Å². The van der Waals surface area contributed by atoms with Gasteiger partial charge in [-0.25, -0.2) is 0 Å². The number of ether oxygens (including phenoxy) is 1. The summed E-state index contributed by atoms with van der Waals surface area (Å²) < 4.78 is 6.64. The van der Waals surface area contributed by atoms with Crippen molar-refractivity contribution < 1.29 is 14.3 Å². The molecule has 1 aromatic heterocycles. The number of ketones is 1. The normalized spacial score (nSPS) is 12.2. The Morgan fingerprint density at radius 1 is 1.50 bits per heavy atom. The molecular weight excluding hydrogens is 232 g/mol. The molecule has 0 fully saturated rings. The first kappa shape index (κ1) is 14.4. The van der Waals surface area contributed by atoms with Crippen molar-refractivity contribution in [2.75, 3.05) is 13.7 Å². The third-order valence-corrected chi connectivity index (χ3v) is 2.54. The summed E-state index contributed by atoms with van der Waals surface area (Å²) in [6, 6.07) is 1.72. The van der Waals surface area contributed by atoms with E-state index in [0.29, 0.717) is 18.6 Å². The molecule has 0 aliphatic rings. The number of carbonyl (C=O) groups is 2. The quantitative estimate of drug-likeness (QED) is 0.742. The lowest BCUT2D eigenvalue weighted by molar-refractivity contribution is -0.122. The van der Waals surface area contributed by atoms with Crippen molar-refractivity contribution in [2.24, 2.45) is 0 Å². The van der Waals surface area contributed by atoms with E-state index in [4.69, 9.17) is 4.74 Å². The average Bonchev–Trinajstić information content (AvgIpc) is 2.76. The van der Waals surface area contributed by atoms with Gasteiger partial charge in [0.1, 0.15) is 6.54 Å². The lowest BCUT2D eigenvalue weighted by atomic mass is 10.2. The van der Waals surface area contributed by atoms with Crippen LogP contribution in [0.1, 0.15) is 30.6 Å². The second-order valence-electron chi connectivity index (χ2n) is 4.27. The van der Waals surface area contributed by atoms with Crippen molar-refractivity contribution in [3.8, 4) is 0 Å². The van der Waals surface area contributed by atoms with Gasteiger partial charge in [0.25, 0.3) is 0 Å². The van der Waals surface area contributed by atoms with Crippen LogP contribution in [0.5, 0.6) is 0 Å². The molecule has 100 valence electrons. The van der Waals surface area contributed by atoms with Crippen molar-refractivity contribution in [2.45, 2.75) is 32.9 Å². The first-order valence-electron chi connectivity index (χ1n) is 6.04. The van der Waals surface area contributed by atoms with E-state index in [9.17, 15) is 9.59 Å². The standard InChI is InChI=1S/C13H20N2O3/c1-4-12(16)11-5-6-15(7-11)8-13(17)14-10(2)9-18-3/h5-7,10H,4,8-9H2,1-3H3,(H,14,17). The van der Waals surface area contributed by atoms with Gasteiger partial charge in [0, 0.05) is 37.5 Å². The predicted octanol–water partition coefficient (Wildman–Crippen LogP) is 1.23. The van der Waals surface area contributed by atoms with Crippen molar-refractivity contribution in [3.63, 3.8) is 0 Å². The molecule has 1 atom stereocenters. The molecule has 0 aliphatic heterocycles. The molecule has 0 radical (unpaired) electrons.